The van der Waals surface area contributed by atoms with E-state index < -0.39 is 5.97 Å². The molecule has 0 bridgehead atoms. The van der Waals surface area contributed by atoms with Crippen LogP contribution in [-0.4, -0.2) is 42.6 Å². The normalized spacial score (nSPS) is 13.0. The first-order chi connectivity index (χ1) is 13.4. The van der Waals surface area contributed by atoms with Crippen LogP contribution in [0.25, 0.3) is 5.65 Å². The molecule has 0 aromatic carbocycles. The van der Waals surface area contributed by atoms with E-state index in [4.69, 9.17) is 4.74 Å². The summed E-state index contributed by atoms with van der Waals surface area (Å²) in [7, 11) is 0. The topological polar surface area (TPSA) is 126 Å². The lowest BCUT2D eigenvalue weighted by atomic mass is 9.89. The van der Waals surface area contributed by atoms with Crippen LogP contribution in [-0.2, 0) is 15.6 Å². The number of rotatable bonds is 4. The van der Waals surface area contributed by atoms with Crippen molar-refractivity contribution in [1.82, 2.24) is 30.0 Å². The maximum Gasteiger partial charge on any atom is 0.344 e. The number of nitrogens with one attached hydrogen (secondary N) is 2. The highest BCUT2D eigenvalue weighted by molar-refractivity contribution is 5.95. The van der Waals surface area contributed by atoms with Crippen LogP contribution in [0.2, 0.25) is 0 Å². The summed E-state index contributed by atoms with van der Waals surface area (Å²) in [5, 5.41) is 27.7. The lowest BCUT2D eigenvalue weighted by Gasteiger charge is -2.16. The minimum atomic E-state index is -0.478. The van der Waals surface area contributed by atoms with Crippen LogP contribution in [0.5, 0.6) is 0 Å². The van der Waals surface area contributed by atoms with Crippen molar-refractivity contribution in [2.45, 2.75) is 66.2 Å². The van der Waals surface area contributed by atoms with Gasteiger partial charge in [0.15, 0.2) is 17.2 Å². The zero-order chi connectivity index (χ0) is 21.6. The number of esters is 1. The Bertz CT molecular complexity index is 1070. The van der Waals surface area contributed by atoms with Crippen LogP contribution in [0.1, 0.15) is 76.0 Å². The zero-order valence-corrected chi connectivity index (χ0v) is 18.2. The van der Waals surface area contributed by atoms with Gasteiger partial charge in [0.2, 0.25) is 0 Å². The molecule has 0 unspecified atom stereocenters. The number of carbonyl (C=O) groups excluding carboxylic acids is 1. The summed E-state index contributed by atoms with van der Waals surface area (Å²) in [6, 6.07) is 0. The molecule has 0 aliphatic carbocycles. The molecule has 0 saturated carbocycles. The maximum atomic E-state index is 12.6. The lowest BCUT2D eigenvalue weighted by molar-refractivity contribution is 0.0524. The van der Waals surface area contributed by atoms with Crippen molar-refractivity contribution in [1.29, 1.82) is 0 Å². The molecule has 0 aliphatic heterocycles. The van der Waals surface area contributed by atoms with Gasteiger partial charge in [-0.2, -0.15) is 19.8 Å². The Morgan fingerprint density at radius 2 is 1.69 bits per heavy atom. The molecular formula is C19H28N8O2. The summed E-state index contributed by atoms with van der Waals surface area (Å²) < 4.78 is 6.92. The third kappa shape index (κ3) is 3.79. The van der Waals surface area contributed by atoms with Crippen LogP contribution in [0.4, 0.5) is 11.5 Å². The van der Waals surface area contributed by atoms with Gasteiger partial charge >= 0.3 is 5.97 Å². The number of aromatic amines is 2. The Hall–Kier alpha value is -3.04. The standard InChI is InChI=1S/C19H28N8O2/c1-9-29-17(28)11-13(18(3,4)5)22-24-15(11)23-21-12-14(19(6,7)8)26-27-10(2)20-25-16(12)27/h25H,9H2,1-8H3,(H,22,24). The number of fused-ring (bicyclic) bond motifs is 1. The van der Waals surface area contributed by atoms with Crippen molar-refractivity contribution in [3.63, 3.8) is 0 Å². The van der Waals surface area contributed by atoms with Crippen LogP contribution in [0.15, 0.2) is 10.2 Å². The fraction of sp³-hybridized carbons (Fsp3) is 0.579. The minimum absolute atomic E-state index is 0.254. The molecule has 0 spiro atoms. The molecule has 3 aromatic rings. The Labute approximate surface area is 169 Å². The summed E-state index contributed by atoms with van der Waals surface area (Å²) in [4.78, 5) is 12.6. The molecule has 0 fully saturated rings. The number of azo groups is 1. The van der Waals surface area contributed by atoms with E-state index in [1.54, 1.807) is 11.4 Å². The smallest absolute Gasteiger partial charge is 0.344 e. The summed E-state index contributed by atoms with van der Waals surface area (Å²) in [6.07, 6.45) is 0. The average Bonchev–Trinajstić information content (AvgIpc) is 3.27. The van der Waals surface area contributed by atoms with Gasteiger partial charge in [-0.15, -0.1) is 10.2 Å². The van der Waals surface area contributed by atoms with Crippen LogP contribution >= 0.6 is 0 Å². The van der Waals surface area contributed by atoms with Crippen molar-refractivity contribution in [3.05, 3.63) is 22.8 Å². The Morgan fingerprint density at radius 1 is 1.03 bits per heavy atom. The van der Waals surface area contributed by atoms with Gasteiger partial charge in [-0.3, -0.25) is 10.2 Å². The van der Waals surface area contributed by atoms with E-state index in [0.29, 0.717) is 22.6 Å². The number of nitrogens with zero attached hydrogens (tertiary/aromatic N) is 6. The molecule has 156 valence electrons. The van der Waals surface area contributed by atoms with E-state index in [9.17, 15) is 4.79 Å². The molecule has 0 aliphatic rings. The third-order valence-corrected chi connectivity index (χ3v) is 4.39. The summed E-state index contributed by atoms with van der Waals surface area (Å²) in [5.41, 5.74) is 2.23. The van der Waals surface area contributed by atoms with Gasteiger partial charge in [-0.25, -0.2) is 4.79 Å². The van der Waals surface area contributed by atoms with E-state index in [0.717, 1.165) is 11.5 Å². The van der Waals surface area contributed by atoms with Gasteiger partial charge in [0.25, 0.3) is 0 Å². The van der Waals surface area contributed by atoms with Crippen molar-refractivity contribution >= 4 is 23.1 Å². The summed E-state index contributed by atoms with van der Waals surface area (Å²) in [6.45, 7) is 15.9. The van der Waals surface area contributed by atoms with E-state index in [1.165, 1.54) is 0 Å². The van der Waals surface area contributed by atoms with Gasteiger partial charge in [0, 0.05) is 10.8 Å². The number of aromatic nitrogens is 6. The second kappa shape index (κ2) is 7.09. The predicted octanol–water partition coefficient (Wildman–Crippen LogP) is 4.28. The molecule has 10 heteroatoms. The molecule has 3 aromatic heterocycles. The summed E-state index contributed by atoms with van der Waals surface area (Å²) in [5.74, 6) is 0.494. The molecule has 0 saturated heterocycles. The van der Waals surface area contributed by atoms with E-state index in [1.807, 2.05) is 27.7 Å². The van der Waals surface area contributed by atoms with Crippen LogP contribution in [0, 0.1) is 6.92 Å². The third-order valence-electron chi connectivity index (χ3n) is 4.39. The number of hydrogen-bond donors (Lipinski definition) is 2. The average molecular weight is 400 g/mol. The van der Waals surface area contributed by atoms with Crippen LogP contribution < -0.4 is 0 Å². The first-order valence-corrected chi connectivity index (χ1v) is 9.57. The quantitative estimate of drug-likeness (QED) is 0.499. The van der Waals surface area contributed by atoms with Gasteiger partial charge < -0.3 is 4.74 Å². The predicted molar refractivity (Wildman–Crippen MR) is 108 cm³/mol. The number of H-pyrrole nitrogens is 2. The highest BCUT2D eigenvalue weighted by Gasteiger charge is 2.30. The van der Waals surface area contributed by atoms with Crippen molar-refractivity contribution in [2.75, 3.05) is 6.61 Å². The largest absolute Gasteiger partial charge is 0.462 e. The first kappa shape index (κ1) is 20.7. The highest BCUT2D eigenvalue weighted by atomic mass is 16.5. The van der Waals surface area contributed by atoms with Crippen molar-refractivity contribution in [3.8, 4) is 0 Å². The Kier molecular flexibility index (Phi) is 5.06. The summed E-state index contributed by atoms with van der Waals surface area (Å²) >= 11 is 0. The first-order valence-electron chi connectivity index (χ1n) is 9.57. The van der Waals surface area contributed by atoms with E-state index >= 15 is 0 Å². The highest BCUT2D eigenvalue weighted by Crippen LogP contribution is 2.36. The molecule has 0 amide bonds. The molecule has 3 heterocycles. The van der Waals surface area contributed by atoms with Gasteiger partial charge in [-0.05, 0) is 13.8 Å². The second-order valence-electron chi connectivity index (χ2n) is 8.94. The SMILES string of the molecule is CCOC(=O)c1c(C(C)(C)C)n[nH]c1N=Nc1c(C(C)(C)C)nn2c(C)n[nH]c12. The zero-order valence-electron chi connectivity index (χ0n) is 18.2. The van der Waals surface area contributed by atoms with E-state index in [-0.39, 0.29) is 23.3 Å². The molecule has 29 heavy (non-hydrogen) atoms. The number of hydrogen-bond acceptors (Lipinski definition) is 7. The monoisotopic (exact) mass is 400 g/mol. The van der Waals surface area contributed by atoms with Gasteiger partial charge in [0.1, 0.15) is 11.4 Å². The number of carbonyl (C=O) groups is 1. The maximum absolute atomic E-state index is 12.6. The van der Waals surface area contributed by atoms with Gasteiger partial charge in [-0.1, -0.05) is 41.5 Å². The molecule has 3 rings (SSSR count). The fourth-order valence-electron chi connectivity index (χ4n) is 2.97. The molecule has 0 radical (unpaired) electrons. The molecular weight excluding hydrogens is 372 g/mol. The van der Waals surface area contributed by atoms with E-state index in [2.05, 4.69) is 56.5 Å². The lowest BCUT2D eigenvalue weighted by Crippen LogP contribution is -2.17. The molecule has 10 nitrogen and oxygen atoms in total. The van der Waals surface area contributed by atoms with Crippen molar-refractivity contribution < 1.29 is 9.53 Å². The molecule has 0 atom stereocenters. The number of ether oxygens (including phenoxy) is 1. The van der Waals surface area contributed by atoms with Gasteiger partial charge in [0.05, 0.1) is 18.0 Å². The number of aryl methyl sites for hydroxylation is 1. The molecule has 2 N–H and O–H groups in total. The van der Waals surface area contributed by atoms with Crippen molar-refractivity contribution in [2.24, 2.45) is 10.2 Å². The Morgan fingerprint density at radius 3 is 2.28 bits per heavy atom. The minimum Gasteiger partial charge on any atom is -0.462 e. The van der Waals surface area contributed by atoms with Crippen LogP contribution in [0.3, 0.4) is 0 Å². The fourth-order valence-corrected chi connectivity index (χ4v) is 2.97. The second-order valence-corrected chi connectivity index (χ2v) is 8.94. The Balaban J connectivity index is 2.14.